The van der Waals surface area contributed by atoms with Crippen LogP contribution in [-0.4, -0.2) is 23.4 Å². The van der Waals surface area contributed by atoms with Crippen LogP contribution >= 0.6 is 0 Å². The van der Waals surface area contributed by atoms with Gasteiger partial charge in [0, 0.05) is 0 Å². The van der Waals surface area contributed by atoms with Gasteiger partial charge in [0.1, 0.15) is 0 Å². The number of hydrogen-bond donors (Lipinski definition) is 2. The molecule has 50 valence electrons. The monoisotopic (exact) mass is 126 g/mol. The van der Waals surface area contributed by atoms with Crippen molar-refractivity contribution in [1.29, 1.82) is 0 Å². The first-order valence-corrected chi connectivity index (χ1v) is 2.92. The molecular formula is C7H10O2. The lowest BCUT2D eigenvalue weighted by molar-refractivity contribution is 0.131. The first-order chi connectivity index (χ1) is 4.33. The second-order valence-corrected chi connectivity index (χ2v) is 2.27. The summed E-state index contributed by atoms with van der Waals surface area (Å²) in [6.45, 7) is -0.0347. The molecule has 0 fully saturated rings. The second kappa shape index (κ2) is 2.33. The fraction of sp³-hybridized carbons (Fsp3) is 0.429. The predicted molar refractivity (Wildman–Crippen MR) is 34.9 cm³/mol. The van der Waals surface area contributed by atoms with E-state index in [4.69, 9.17) is 10.2 Å². The lowest BCUT2D eigenvalue weighted by Gasteiger charge is -2.17. The maximum absolute atomic E-state index is 8.75. The molecule has 1 aliphatic carbocycles. The van der Waals surface area contributed by atoms with Crippen molar-refractivity contribution in [3.05, 3.63) is 24.3 Å². The van der Waals surface area contributed by atoms with Gasteiger partial charge >= 0.3 is 0 Å². The van der Waals surface area contributed by atoms with Crippen molar-refractivity contribution in [1.82, 2.24) is 0 Å². The van der Waals surface area contributed by atoms with E-state index in [1.54, 1.807) is 12.2 Å². The third kappa shape index (κ3) is 1.04. The SMILES string of the molecule is OCC1(CO)C=CC=C1. The van der Waals surface area contributed by atoms with Crippen LogP contribution in [-0.2, 0) is 0 Å². The van der Waals surface area contributed by atoms with E-state index in [1.807, 2.05) is 12.2 Å². The minimum atomic E-state index is -0.472. The Hall–Kier alpha value is -0.600. The zero-order valence-electron chi connectivity index (χ0n) is 5.12. The van der Waals surface area contributed by atoms with E-state index in [-0.39, 0.29) is 13.2 Å². The molecule has 2 nitrogen and oxygen atoms in total. The summed E-state index contributed by atoms with van der Waals surface area (Å²) in [6, 6.07) is 0. The average Bonchev–Trinajstić information content (AvgIpc) is 2.36. The Morgan fingerprint density at radius 2 is 1.44 bits per heavy atom. The molecule has 0 atom stereocenters. The van der Waals surface area contributed by atoms with Gasteiger partial charge in [0.2, 0.25) is 0 Å². The number of aliphatic hydroxyl groups excluding tert-OH is 2. The quantitative estimate of drug-likeness (QED) is 0.550. The van der Waals surface area contributed by atoms with E-state index in [1.165, 1.54) is 0 Å². The molecule has 2 heteroatoms. The third-order valence-corrected chi connectivity index (χ3v) is 1.56. The van der Waals surface area contributed by atoms with E-state index < -0.39 is 5.41 Å². The first kappa shape index (κ1) is 6.52. The van der Waals surface area contributed by atoms with Crippen LogP contribution in [0.4, 0.5) is 0 Å². The zero-order chi connectivity index (χ0) is 6.74. The smallest absolute Gasteiger partial charge is 0.0579 e. The molecule has 0 aromatic rings. The molecular weight excluding hydrogens is 116 g/mol. The maximum atomic E-state index is 8.75. The van der Waals surface area contributed by atoms with Crippen LogP contribution in [0.3, 0.4) is 0 Å². The van der Waals surface area contributed by atoms with Crippen LogP contribution in [0.15, 0.2) is 24.3 Å². The van der Waals surface area contributed by atoms with Crippen molar-refractivity contribution in [2.75, 3.05) is 13.2 Å². The molecule has 0 aliphatic heterocycles. The summed E-state index contributed by atoms with van der Waals surface area (Å²) in [5.74, 6) is 0. The van der Waals surface area contributed by atoms with Crippen molar-refractivity contribution >= 4 is 0 Å². The Bertz CT molecular complexity index is 129. The van der Waals surface area contributed by atoms with Crippen LogP contribution in [0, 0.1) is 5.41 Å². The Morgan fingerprint density at radius 1 is 1.00 bits per heavy atom. The minimum Gasteiger partial charge on any atom is -0.395 e. The highest BCUT2D eigenvalue weighted by atomic mass is 16.3. The number of allylic oxidation sites excluding steroid dienone is 2. The van der Waals surface area contributed by atoms with Crippen molar-refractivity contribution in [3.63, 3.8) is 0 Å². The van der Waals surface area contributed by atoms with Crippen LogP contribution in [0.5, 0.6) is 0 Å². The van der Waals surface area contributed by atoms with Gasteiger partial charge < -0.3 is 10.2 Å². The molecule has 1 rings (SSSR count). The van der Waals surface area contributed by atoms with Gasteiger partial charge in [0.05, 0.1) is 18.6 Å². The normalized spacial score (nSPS) is 21.1. The topological polar surface area (TPSA) is 40.5 Å². The molecule has 0 saturated carbocycles. The van der Waals surface area contributed by atoms with E-state index in [0.717, 1.165) is 0 Å². The van der Waals surface area contributed by atoms with Gasteiger partial charge in [-0.15, -0.1) is 0 Å². The van der Waals surface area contributed by atoms with E-state index in [2.05, 4.69) is 0 Å². The molecule has 9 heavy (non-hydrogen) atoms. The van der Waals surface area contributed by atoms with Gasteiger partial charge in [-0.05, 0) is 0 Å². The summed E-state index contributed by atoms with van der Waals surface area (Å²) < 4.78 is 0. The van der Waals surface area contributed by atoms with Crippen LogP contribution in [0.1, 0.15) is 0 Å². The molecule has 0 saturated heterocycles. The second-order valence-electron chi connectivity index (χ2n) is 2.27. The summed E-state index contributed by atoms with van der Waals surface area (Å²) in [7, 11) is 0. The predicted octanol–water partition coefficient (Wildman–Crippen LogP) is 0.0834. The van der Waals surface area contributed by atoms with Gasteiger partial charge in [-0.3, -0.25) is 0 Å². The Balaban J connectivity index is 2.69. The lowest BCUT2D eigenvalue weighted by atomic mass is 9.93. The lowest BCUT2D eigenvalue weighted by Crippen LogP contribution is -2.22. The molecule has 1 aliphatic rings. The summed E-state index contributed by atoms with van der Waals surface area (Å²) in [5, 5.41) is 17.5. The van der Waals surface area contributed by atoms with Crippen molar-refractivity contribution in [2.24, 2.45) is 5.41 Å². The van der Waals surface area contributed by atoms with Crippen LogP contribution < -0.4 is 0 Å². The van der Waals surface area contributed by atoms with E-state index in [9.17, 15) is 0 Å². The molecule has 0 amide bonds. The highest BCUT2D eigenvalue weighted by Crippen LogP contribution is 2.23. The standard InChI is InChI=1S/C7H10O2/c8-5-7(6-9)3-1-2-4-7/h1-4,8-9H,5-6H2. The molecule has 0 radical (unpaired) electrons. The average molecular weight is 126 g/mol. The first-order valence-electron chi connectivity index (χ1n) is 2.92. The van der Waals surface area contributed by atoms with Crippen LogP contribution in [0.25, 0.3) is 0 Å². The third-order valence-electron chi connectivity index (χ3n) is 1.56. The highest BCUT2D eigenvalue weighted by Gasteiger charge is 2.23. The summed E-state index contributed by atoms with van der Waals surface area (Å²) >= 11 is 0. The maximum Gasteiger partial charge on any atom is 0.0579 e. The number of hydrogen-bond acceptors (Lipinski definition) is 2. The highest BCUT2D eigenvalue weighted by molar-refractivity contribution is 5.24. The van der Waals surface area contributed by atoms with Crippen molar-refractivity contribution in [2.45, 2.75) is 0 Å². The molecule has 0 heterocycles. The Kier molecular flexibility index (Phi) is 1.69. The summed E-state index contributed by atoms with van der Waals surface area (Å²) in [5.41, 5.74) is -0.472. The fourth-order valence-electron chi connectivity index (χ4n) is 0.811. The van der Waals surface area contributed by atoms with Gasteiger partial charge in [0.25, 0.3) is 0 Å². The van der Waals surface area contributed by atoms with Gasteiger partial charge in [-0.1, -0.05) is 24.3 Å². The largest absolute Gasteiger partial charge is 0.395 e. The number of aliphatic hydroxyl groups is 2. The summed E-state index contributed by atoms with van der Waals surface area (Å²) in [4.78, 5) is 0. The van der Waals surface area contributed by atoms with Crippen molar-refractivity contribution in [3.8, 4) is 0 Å². The Labute approximate surface area is 54.1 Å². The molecule has 0 unspecified atom stereocenters. The number of rotatable bonds is 2. The van der Waals surface area contributed by atoms with Gasteiger partial charge in [0.15, 0.2) is 0 Å². The Morgan fingerprint density at radius 3 is 1.67 bits per heavy atom. The fourth-order valence-corrected chi connectivity index (χ4v) is 0.811. The van der Waals surface area contributed by atoms with E-state index in [0.29, 0.717) is 0 Å². The summed E-state index contributed by atoms with van der Waals surface area (Å²) in [6.07, 6.45) is 7.25. The minimum absolute atomic E-state index is 0.0174. The molecule has 0 spiro atoms. The van der Waals surface area contributed by atoms with Gasteiger partial charge in [-0.2, -0.15) is 0 Å². The zero-order valence-corrected chi connectivity index (χ0v) is 5.12. The molecule has 2 N–H and O–H groups in total. The molecule has 0 aromatic carbocycles. The van der Waals surface area contributed by atoms with Crippen LogP contribution in [0.2, 0.25) is 0 Å². The molecule has 0 aromatic heterocycles. The molecule has 0 bridgehead atoms. The van der Waals surface area contributed by atoms with Crippen molar-refractivity contribution < 1.29 is 10.2 Å². The van der Waals surface area contributed by atoms with Gasteiger partial charge in [-0.25, -0.2) is 0 Å². The van der Waals surface area contributed by atoms with E-state index >= 15 is 0 Å².